The number of nitrogen functional groups attached to an aromatic ring is 1. The molecule has 1 aromatic carbocycles. The number of anilines is 1. The van der Waals surface area contributed by atoms with Crippen molar-refractivity contribution in [3.8, 4) is 11.1 Å². The van der Waals surface area contributed by atoms with E-state index in [4.69, 9.17) is 10.7 Å². The number of nitrogens with two attached hydrogens (primary N) is 1. The normalized spacial score (nSPS) is 13.5. The molecule has 0 fully saturated rings. The van der Waals surface area contributed by atoms with Crippen LogP contribution in [0.3, 0.4) is 0 Å². The second kappa shape index (κ2) is 5.84. The summed E-state index contributed by atoms with van der Waals surface area (Å²) in [7, 11) is 0. The molecule has 1 aliphatic rings. The molecule has 5 heteroatoms. The van der Waals surface area contributed by atoms with Crippen molar-refractivity contribution < 1.29 is 4.79 Å². The van der Waals surface area contributed by atoms with E-state index in [0.29, 0.717) is 17.8 Å². The lowest BCUT2D eigenvalue weighted by molar-refractivity contribution is 0.0779. The van der Waals surface area contributed by atoms with Gasteiger partial charge in [-0.15, -0.1) is 0 Å². The quantitative estimate of drug-likeness (QED) is 0.796. The van der Waals surface area contributed by atoms with Crippen molar-refractivity contribution in [1.29, 1.82) is 0 Å². The fourth-order valence-corrected chi connectivity index (χ4v) is 3.56. The van der Waals surface area contributed by atoms with Gasteiger partial charge in [-0.05, 0) is 19.4 Å². The number of para-hydroxylation sites is 1. The van der Waals surface area contributed by atoms with Gasteiger partial charge >= 0.3 is 0 Å². The van der Waals surface area contributed by atoms with Crippen LogP contribution < -0.4 is 5.73 Å². The Balaban J connectivity index is 1.97. The molecule has 2 aromatic heterocycles. The highest BCUT2D eigenvalue weighted by molar-refractivity contribution is 6.11. The monoisotopic (exact) mass is 332 g/mol. The number of pyridine rings is 2. The fraction of sp³-hybridized carbons (Fsp3) is 0.250. The molecule has 126 valence electrons. The Morgan fingerprint density at radius 1 is 1.20 bits per heavy atom. The van der Waals surface area contributed by atoms with Crippen molar-refractivity contribution in [3.63, 3.8) is 0 Å². The molecular weight excluding hydrogens is 312 g/mol. The van der Waals surface area contributed by atoms with Gasteiger partial charge in [0.2, 0.25) is 0 Å². The predicted octanol–water partition coefficient (Wildman–Crippen LogP) is 3.55. The van der Waals surface area contributed by atoms with E-state index in [1.165, 1.54) is 0 Å². The van der Waals surface area contributed by atoms with Crippen LogP contribution in [0.5, 0.6) is 0 Å². The average Bonchev–Trinajstić information content (AvgIpc) is 2.92. The third kappa shape index (κ3) is 2.35. The maximum atomic E-state index is 12.7. The molecule has 1 amide bonds. The zero-order valence-corrected chi connectivity index (χ0v) is 14.4. The standard InChI is InChI=1S/C20H20N4O/c1-3-10-24-11-16-17(20(24)25)18(21)15-7-4-6-14(19(15)23-16)13-8-5-9-22-12(13)2/h4-9H,3,10-11H2,1-2H3,(H2,21,23). The largest absolute Gasteiger partial charge is 0.397 e. The number of benzene rings is 1. The van der Waals surface area contributed by atoms with E-state index in [-0.39, 0.29) is 5.91 Å². The Bertz CT molecular complexity index is 996. The van der Waals surface area contributed by atoms with Gasteiger partial charge in [-0.1, -0.05) is 31.2 Å². The first-order valence-electron chi connectivity index (χ1n) is 8.54. The molecule has 2 N–H and O–H groups in total. The van der Waals surface area contributed by atoms with Crippen molar-refractivity contribution in [3.05, 3.63) is 53.5 Å². The highest BCUT2D eigenvalue weighted by Crippen LogP contribution is 2.36. The summed E-state index contributed by atoms with van der Waals surface area (Å²) in [5, 5.41) is 0.825. The number of hydrogen-bond acceptors (Lipinski definition) is 4. The number of aryl methyl sites for hydroxylation is 1. The van der Waals surface area contributed by atoms with Crippen molar-refractivity contribution >= 4 is 22.5 Å². The Morgan fingerprint density at radius 3 is 2.76 bits per heavy atom. The Hall–Kier alpha value is -2.95. The molecule has 4 rings (SSSR count). The van der Waals surface area contributed by atoms with E-state index in [0.717, 1.165) is 46.4 Å². The summed E-state index contributed by atoms with van der Waals surface area (Å²) in [5.41, 5.74) is 12.1. The molecule has 0 atom stereocenters. The van der Waals surface area contributed by atoms with Gasteiger partial charge in [0.1, 0.15) is 0 Å². The number of hydrogen-bond donors (Lipinski definition) is 1. The lowest BCUT2D eigenvalue weighted by Crippen LogP contribution is -2.24. The van der Waals surface area contributed by atoms with Gasteiger partial charge in [0, 0.05) is 34.9 Å². The van der Waals surface area contributed by atoms with Gasteiger partial charge in [-0.2, -0.15) is 0 Å². The summed E-state index contributed by atoms with van der Waals surface area (Å²) in [4.78, 5) is 23.7. The first-order chi connectivity index (χ1) is 12.1. The predicted molar refractivity (Wildman–Crippen MR) is 99.2 cm³/mol. The van der Waals surface area contributed by atoms with Crippen LogP contribution in [0.2, 0.25) is 0 Å². The Labute approximate surface area is 146 Å². The maximum absolute atomic E-state index is 12.7. The van der Waals surface area contributed by atoms with Crippen LogP contribution in [-0.2, 0) is 6.54 Å². The van der Waals surface area contributed by atoms with E-state index in [9.17, 15) is 4.79 Å². The number of amides is 1. The summed E-state index contributed by atoms with van der Waals surface area (Å²) in [6, 6.07) is 9.88. The van der Waals surface area contributed by atoms with Crippen LogP contribution in [0.1, 0.15) is 35.1 Å². The van der Waals surface area contributed by atoms with Crippen LogP contribution in [0.15, 0.2) is 36.5 Å². The van der Waals surface area contributed by atoms with Crippen LogP contribution in [0.4, 0.5) is 5.69 Å². The molecule has 3 heterocycles. The van der Waals surface area contributed by atoms with Crippen molar-refractivity contribution in [2.45, 2.75) is 26.8 Å². The minimum atomic E-state index is -0.00767. The van der Waals surface area contributed by atoms with Crippen LogP contribution in [-0.4, -0.2) is 27.3 Å². The molecule has 0 bridgehead atoms. The molecule has 0 radical (unpaired) electrons. The lowest BCUT2D eigenvalue weighted by atomic mass is 9.98. The van der Waals surface area contributed by atoms with Crippen molar-refractivity contribution in [1.82, 2.24) is 14.9 Å². The first-order valence-corrected chi connectivity index (χ1v) is 8.54. The fourth-order valence-electron chi connectivity index (χ4n) is 3.56. The van der Waals surface area contributed by atoms with Gasteiger partial charge in [0.15, 0.2) is 0 Å². The summed E-state index contributed by atoms with van der Waals surface area (Å²) in [6.07, 6.45) is 2.70. The van der Waals surface area contributed by atoms with E-state index in [1.807, 2.05) is 42.2 Å². The Kier molecular flexibility index (Phi) is 3.64. The van der Waals surface area contributed by atoms with Crippen LogP contribution in [0, 0.1) is 6.92 Å². The van der Waals surface area contributed by atoms with E-state index >= 15 is 0 Å². The highest BCUT2D eigenvalue weighted by Gasteiger charge is 2.31. The topological polar surface area (TPSA) is 72.1 Å². The summed E-state index contributed by atoms with van der Waals surface area (Å²) < 4.78 is 0. The van der Waals surface area contributed by atoms with E-state index < -0.39 is 0 Å². The number of carbonyl (C=O) groups excluding carboxylic acids is 1. The van der Waals surface area contributed by atoms with E-state index in [1.54, 1.807) is 6.20 Å². The molecule has 5 nitrogen and oxygen atoms in total. The third-order valence-electron chi connectivity index (χ3n) is 4.76. The number of aromatic nitrogens is 2. The second-order valence-corrected chi connectivity index (χ2v) is 6.41. The van der Waals surface area contributed by atoms with Crippen molar-refractivity contribution in [2.75, 3.05) is 12.3 Å². The molecule has 0 spiro atoms. The summed E-state index contributed by atoms with van der Waals surface area (Å²) in [5.74, 6) is -0.00767. The molecular formula is C20H20N4O. The molecule has 1 aliphatic heterocycles. The van der Waals surface area contributed by atoms with Crippen molar-refractivity contribution in [2.24, 2.45) is 0 Å². The lowest BCUT2D eigenvalue weighted by Gasteiger charge is -2.13. The number of rotatable bonds is 3. The summed E-state index contributed by atoms with van der Waals surface area (Å²) in [6.45, 7) is 5.30. The van der Waals surface area contributed by atoms with Gasteiger partial charge in [-0.3, -0.25) is 9.78 Å². The van der Waals surface area contributed by atoms with Crippen LogP contribution in [0.25, 0.3) is 22.0 Å². The summed E-state index contributed by atoms with van der Waals surface area (Å²) >= 11 is 0. The van der Waals surface area contributed by atoms with Crippen LogP contribution >= 0.6 is 0 Å². The number of carbonyl (C=O) groups is 1. The highest BCUT2D eigenvalue weighted by atomic mass is 16.2. The smallest absolute Gasteiger partial charge is 0.258 e. The zero-order chi connectivity index (χ0) is 17.6. The van der Waals surface area contributed by atoms with Gasteiger partial charge in [-0.25, -0.2) is 4.98 Å². The molecule has 0 saturated carbocycles. The van der Waals surface area contributed by atoms with Gasteiger partial charge in [0.05, 0.1) is 29.0 Å². The van der Waals surface area contributed by atoms with Gasteiger partial charge in [0.25, 0.3) is 5.91 Å². The maximum Gasteiger partial charge on any atom is 0.258 e. The molecule has 0 saturated heterocycles. The molecule has 25 heavy (non-hydrogen) atoms. The Morgan fingerprint density at radius 2 is 2.00 bits per heavy atom. The number of nitrogens with zero attached hydrogens (tertiary/aromatic N) is 3. The molecule has 3 aromatic rings. The van der Waals surface area contributed by atoms with E-state index in [2.05, 4.69) is 11.9 Å². The SMILES string of the molecule is CCCN1Cc2nc3c(-c4cccnc4C)cccc3c(N)c2C1=O. The second-order valence-electron chi connectivity index (χ2n) is 6.41. The first kappa shape index (κ1) is 15.6. The average molecular weight is 332 g/mol. The molecule has 0 unspecified atom stereocenters. The minimum Gasteiger partial charge on any atom is -0.397 e. The zero-order valence-electron chi connectivity index (χ0n) is 14.4. The minimum absolute atomic E-state index is 0.00767. The number of fused-ring (bicyclic) bond motifs is 2. The molecule has 0 aliphatic carbocycles. The van der Waals surface area contributed by atoms with Gasteiger partial charge < -0.3 is 10.6 Å². The third-order valence-corrected chi connectivity index (χ3v) is 4.76.